The molecule has 4 nitrogen and oxygen atoms in total. The molecule has 126 valence electrons. The molecule has 3 rings (SSSR count). The number of hydrogen-bond donors (Lipinski definition) is 3. The lowest BCUT2D eigenvalue weighted by Crippen LogP contribution is -2.39. The summed E-state index contributed by atoms with van der Waals surface area (Å²) in [7, 11) is 0. The van der Waals surface area contributed by atoms with E-state index in [1.807, 2.05) is 24.3 Å². The standard InChI is InChI=1S/C19H22BrN3O/c1-12(2)13-5-9-16(10-6-13)21-19(24)18-11-17(22-23-18)14-3-7-15(20)8-4-14/h3-10,12,17-18,22-23H,11H2,1-2H3,(H,21,24). The minimum absolute atomic E-state index is 0.0144. The second-order valence-electron chi connectivity index (χ2n) is 6.45. The third kappa shape index (κ3) is 4.04. The van der Waals surface area contributed by atoms with Gasteiger partial charge in [-0.3, -0.25) is 4.79 Å². The largest absolute Gasteiger partial charge is 0.325 e. The third-order valence-electron chi connectivity index (χ3n) is 4.34. The van der Waals surface area contributed by atoms with Gasteiger partial charge in [-0.25, -0.2) is 10.9 Å². The highest BCUT2D eigenvalue weighted by atomic mass is 79.9. The normalized spacial score (nSPS) is 20.3. The summed E-state index contributed by atoms with van der Waals surface area (Å²) in [6, 6.07) is 16.1. The minimum Gasteiger partial charge on any atom is -0.325 e. The molecule has 3 N–H and O–H groups in total. The molecule has 2 aromatic carbocycles. The fraction of sp³-hybridized carbons (Fsp3) is 0.316. The first-order valence-corrected chi connectivity index (χ1v) is 8.99. The van der Waals surface area contributed by atoms with Gasteiger partial charge in [0.25, 0.3) is 0 Å². The van der Waals surface area contributed by atoms with Gasteiger partial charge >= 0.3 is 0 Å². The zero-order valence-electron chi connectivity index (χ0n) is 13.8. The van der Waals surface area contributed by atoms with E-state index >= 15 is 0 Å². The van der Waals surface area contributed by atoms with Gasteiger partial charge in [0.15, 0.2) is 0 Å². The number of halogens is 1. The molecule has 0 saturated carbocycles. The van der Waals surface area contributed by atoms with Crippen LogP contribution < -0.4 is 16.2 Å². The molecular weight excluding hydrogens is 366 g/mol. The Kier molecular flexibility index (Phi) is 5.33. The molecule has 0 aliphatic carbocycles. The van der Waals surface area contributed by atoms with Gasteiger partial charge in [-0.2, -0.15) is 0 Å². The number of carbonyl (C=O) groups is 1. The van der Waals surface area contributed by atoms with Crippen molar-refractivity contribution in [1.29, 1.82) is 0 Å². The number of hydrogen-bond acceptors (Lipinski definition) is 3. The maximum atomic E-state index is 12.4. The molecule has 1 fully saturated rings. The monoisotopic (exact) mass is 387 g/mol. The minimum atomic E-state index is -0.247. The van der Waals surface area contributed by atoms with Crippen LogP contribution in [0.2, 0.25) is 0 Å². The molecule has 0 aromatic heterocycles. The van der Waals surface area contributed by atoms with Crippen molar-refractivity contribution >= 4 is 27.5 Å². The van der Waals surface area contributed by atoms with Crippen molar-refractivity contribution in [3.63, 3.8) is 0 Å². The van der Waals surface area contributed by atoms with Gasteiger partial charge < -0.3 is 5.32 Å². The number of hydrazine groups is 1. The van der Waals surface area contributed by atoms with Crippen LogP contribution in [0.15, 0.2) is 53.0 Å². The summed E-state index contributed by atoms with van der Waals surface area (Å²) in [5.74, 6) is 0.474. The molecule has 1 amide bonds. The Hall–Kier alpha value is -1.69. The first-order chi connectivity index (χ1) is 11.5. The van der Waals surface area contributed by atoms with Crippen LogP contribution in [0.4, 0.5) is 5.69 Å². The van der Waals surface area contributed by atoms with E-state index in [4.69, 9.17) is 0 Å². The van der Waals surface area contributed by atoms with Gasteiger partial charge in [0.05, 0.1) is 0 Å². The summed E-state index contributed by atoms with van der Waals surface area (Å²) < 4.78 is 1.05. The summed E-state index contributed by atoms with van der Waals surface area (Å²) in [6.07, 6.45) is 0.720. The zero-order chi connectivity index (χ0) is 17.1. The Morgan fingerprint density at radius 2 is 1.75 bits per heavy atom. The number of amides is 1. The van der Waals surface area contributed by atoms with Crippen molar-refractivity contribution in [3.05, 3.63) is 64.1 Å². The van der Waals surface area contributed by atoms with Crippen molar-refractivity contribution in [1.82, 2.24) is 10.9 Å². The van der Waals surface area contributed by atoms with Crippen LogP contribution in [-0.2, 0) is 4.79 Å². The summed E-state index contributed by atoms with van der Waals surface area (Å²) in [5.41, 5.74) is 9.57. The molecule has 1 aliphatic rings. The second-order valence-corrected chi connectivity index (χ2v) is 7.36. The summed E-state index contributed by atoms with van der Waals surface area (Å²) >= 11 is 3.44. The van der Waals surface area contributed by atoms with Crippen LogP contribution in [-0.4, -0.2) is 11.9 Å². The van der Waals surface area contributed by atoms with E-state index in [2.05, 4.69) is 70.2 Å². The number of nitrogens with one attached hydrogen (secondary N) is 3. The average molecular weight is 388 g/mol. The molecule has 1 aliphatic heterocycles. The lowest BCUT2D eigenvalue weighted by Gasteiger charge is -2.12. The van der Waals surface area contributed by atoms with Crippen LogP contribution in [0.5, 0.6) is 0 Å². The number of rotatable bonds is 4. The summed E-state index contributed by atoms with van der Waals surface area (Å²) in [6.45, 7) is 4.31. The smallest absolute Gasteiger partial charge is 0.242 e. The van der Waals surface area contributed by atoms with Gasteiger partial charge in [-0.05, 0) is 47.7 Å². The Labute approximate surface area is 151 Å². The molecule has 0 bridgehead atoms. The molecule has 2 aromatic rings. The van der Waals surface area contributed by atoms with Gasteiger partial charge in [0.2, 0.25) is 5.91 Å². The molecule has 24 heavy (non-hydrogen) atoms. The third-order valence-corrected chi connectivity index (χ3v) is 4.87. The number of carbonyl (C=O) groups excluding carboxylic acids is 1. The van der Waals surface area contributed by atoms with E-state index in [1.165, 1.54) is 11.1 Å². The Balaban J connectivity index is 1.59. The number of anilines is 1. The predicted molar refractivity (Wildman–Crippen MR) is 101 cm³/mol. The Bertz CT molecular complexity index is 698. The van der Waals surface area contributed by atoms with E-state index in [1.54, 1.807) is 0 Å². The summed E-state index contributed by atoms with van der Waals surface area (Å²) in [4.78, 5) is 12.4. The molecule has 1 saturated heterocycles. The van der Waals surface area contributed by atoms with Crippen LogP contribution in [0.1, 0.15) is 43.4 Å². The average Bonchev–Trinajstić information content (AvgIpc) is 3.06. The molecular formula is C19H22BrN3O. The van der Waals surface area contributed by atoms with Crippen molar-refractivity contribution in [2.75, 3.05) is 5.32 Å². The summed E-state index contributed by atoms with van der Waals surface area (Å²) in [5, 5.41) is 2.98. The van der Waals surface area contributed by atoms with E-state index in [-0.39, 0.29) is 18.0 Å². The molecule has 2 unspecified atom stereocenters. The van der Waals surface area contributed by atoms with E-state index in [0.717, 1.165) is 16.6 Å². The van der Waals surface area contributed by atoms with E-state index in [9.17, 15) is 4.79 Å². The van der Waals surface area contributed by atoms with Crippen molar-refractivity contribution in [2.45, 2.75) is 38.3 Å². The Morgan fingerprint density at radius 1 is 1.08 bits per heavy atom. The van der Waals surface area contributed by atoms with Crippen molar-refractivity contribution < 1.29 is 4.79 Å². The first-order valence-electron chi connectivity index (χ1n) is 8.20. The highest BCUT2D eigenvalue weighted by molar-refractivity contribution is 9.10. The van der Waals surface area contributed by atoms with Crippen molar-refractivity contribution in [3.8, 4) is 0 Å². The highest BCUT2D eigenvalue weighted by Gasteiger charge is 2.30. The van der Waals surface area contributed by atoms with Crippen LogP contribution in [0.3, 0.4) is 0 Å². The lowest BCUT2D eigenvalue weighted by atomic mass is 10.0. The maximum absolute atomic E-state index is 12.4. The Morgan fingerprint density at radius 3 is 2.38 bits per heavy atom. The van der Waals surface area contributed by atoms with Crippen LogP contribution >= 0.6 is 15.9 Å². The van der Waals surface area contributed by atoms with Gasteiger partial charge in [-0.15, -0.1) is 0 Å². The first kappa shape index (κ1) is 17.1. The highest BCUT2D eigenvalue weighted by Crippen LogP contribution is 2.24. The van der Waals surface area contributed by atoms with Crippen LogP contribution in [0.25, 0.3) is 0 Å². The quantitative estimate of drug-likeness (QED) is 0.739. The number of benzene rings is 2. The molecule has 0 spiro atoms. The molecule has 5 heteroatoms. The maximum Gasteiger partial charge on any atom is 0.242 e. The SMILES string of the molecule is CC(C)c1ccc(NC(=O)C2CC(c3ccc(Br)cc3)NN2)cc1. The predicted octanol–water partition coefficient (Wildman–Crippen LogP) is 4.12. The van der Waals surface area contributed by atoms with Gasteiger partial charge in [-0.1, -0.05) is 54.0 Å². The van der Waals surface area contributed by atoms with E-state index in [0.29, 0.717) is 5.92 Å². The lowest BCUT2D eigenvalue weighted by molar-refractivity contribution is -0.117. The van der Waals surface area contributed by atoms with Crippen molar-refractivity contribution in [2.24, 2.45) is 0 Å². The fourth-order valence-corrected chi connectivity index (χ4v) is 3.09. The van der Waals surface area contributed by atoms with Crippen LogP contribution in [0, 0.1) is 0 Å². The van der Waals surface area contributed by atoms with Gasteiger partial charge in [0.1, 0.15) is 6.04 Å². The fourth-order valence-electron chi connectivity index (χ4n) is 2.82. The second kappa shape index (κ2) is 7.47. The topological polar surface area (TPSA) is 53.2 Å². The van der Waals surface area contributed by atoms with Gasteiger partial charge in [0, 0.05) is 16.2 Å². The molecule has 2 atom stereocenters. The molecule has 0 radical (unpaired) electrons. The zero-order valence-corrected chi connectivity index (χ0v) is 15.4. The molecule has 1 heterocycles. The van der Waals surface area contributed by atoms with E-state index < -0.39 is 0 Å².